The third kappa shape index (κ3) is 5.06. The molecule has 31 heavy (non-hydrogen) atoms. The number of piperidine rings is 1. The number of likely N-dealkylation sites (tertiary alicyclic amines) is 1. The zero-order valence-corrected chi connectivity index (χ0v) is 19.1. The molecule has 1 aromatic heterocycles. The first-order valence-electron chi connectivity index (χ1n) is 11.2. The lowest BCUT2D eigenvalue weighted by atomic mass is 9.96. The molecule has 0 N–H and O–H groups in total. The van der Waals surface area contributed by atoms with Gasteiger partial charge in [0.05, 0.1) is 12.5 Å². The Bertz CT molecular complexity index is 906. The van der Waals surface area contributed by atoms with Gasteiger partial charge in [-0.05, 0) is 45.1 Å². The van der Waals surface area contributed by atoms with Crippen LogP contribution in [-0.2, 0) is 20.7 Å². The van der Waals surface area contributed by atoms with Gasteiger partial charge in [0.25, 0.3) is 0 Å². The van der Waals surface area contributed by atoms with Crippen LogP contribution < -0.4 is 4.90 Å². The highest BCUT2D eigenvalue weighted by atomic mass is 32.1. The van der Waals surface area contributed by atoms with Gasteiger partial charge in [-0.3, -0.25) is 9.59 Å². The molecule has 166 valence electrons. The summed E-state index contributed by atoms with van der Waals surface area (Å²) >= 11 is 1.38. The van der Waals surface area contributed by atoms with Crippen LogP contribution in [0.2, 0.25) is 0 Å². The molecule has 2 saturated heterocycles. The number of hydrogen-bond acceptors (Lipinski definition) is 7. The smallest absolute Gasteiger partial charge is 0.309 e. The molecule has 2 aliphatic rings. The molecule has 0 aliphatic carbocycles. The molecule has 1 atom stereocenters. The number of carbonyl (C=O) groups is 2. The maximum atomic E-state index is 13.2. The number of hydrogen-bond donors (Lipinski definition) is 0. The summed E-state index contributed by atoms with van der Waals surface area (Å²) in [4.78, 5) is 34.0. The zero-order chi connectivity index (χ0) is 21.8. The topological polar surface area (TPSA) is 75.6 Å². The summed E-state index contributed by atoms with van der Waals surface area (Å²) in [6.45, 7) is 6.36. The summed E-state index contributed by atoms with van der Waals surface area (Å²) in [5, 5.41) is 0.833. The summed E-state index contributed by atoms with van der Waals surface area (Å²) in [7, 11) is 0. The third-order valence-corrected chi connectivity index (χ3v) is 6.94. The molecule has 2 fully saturated rings. The fourth-order valence-corrected chi connectivity index (χ4v) is 5.14. The predicted octanol–water partition coefficient (Wildman–Crippen LogP) is 3.21. The zero-order valence-electron chi connectivity index (χ0n) is 18.2. The lowest BCUT2D eigenvalue weighted by Crippen LogP contribution is -2.49. The predicted molar refractivity (Wildman–Crippen MR) is 120 cm³/mol. The summed E-state index contributed by atoms with van der Waals surface area (Å²) < 4.78 is 9.68. The molecule has 3 heterocycles. The van der Waals surface area contributed by atoms with Gasteiger partial charge in [0.1, 0.15) is 11.9 Å². The highest BCUT2D eigenvalue weighted by Gasteiger charge is 2.37. The van der Waals surface area contributed by atoms with Crippen molar-refractivity contribution in [1.82, 2.24) is 14.3 Å². The average molecular weight is 443 g/mol. The van der Waals surface area contributed by atoms with Crippen molar-refractivity contribution in [3.8, 4) is 0 Å². The molecule has 1 unspecified atom stereocenters. The number of anilines is 1. The van der Waals surface area contributed by atoms with Crippen molar-refractivity contribution in [2.45, 2.75) is 52.0 Å². The number of nitrogens with zero attached hydrogens (tertiary/aromatic N) is 4. The average Bonchev–Trinajstić information content (AvgIpc) is 3.44. The van der Waals surface area contributed by atoms with E-state index in [1.54, 1.807) is 0 Å². The maximum Gasteiger partial charge on any atom is 0.309 e. The Morgan fingerprint density at radius 1 is 1.13 bits per heavy atom. The fourth-order valence-electron chi connectivity index (χ4n) is 4.38. The van der Waals surface area contributed by atoms with Gasteiger partial charge in [0.2, 0.25) is 11.0 Å². The van der Waals surface area contributed by atoms with Crippen LogP contribution in [-0.4, -0.2) is 58.4 Å². The van der Waals surface area contributed by atoms with Gasteiger partial charge < -0.3 is 14.5 Å². The Morgan fingerprint density at radius 3 is 2.58 bits per heavy atom. The molecule has 0 spiro atoms. The Labute approximate surface area is 187 Å². The van der Waals surface area contributed by atoms with E-state index in [4.69, 9.17) is 9.72 Å². The number of benzene rings is 1. The van der Waals surface area contributed by atoms with Gasteiger partial charge in [-0.25, -0.2) is 4.98 Å². The van der Waals surface area contributed by atoms with Crippen LogP contribution in [0.4, 0.5) is 5.13 Å². The first-order chi connectivity index (χ1) is 15.0. The second kappa shape index (κ2) is 9.77. The molecule has 8 heteroatoms. The summed E-state index contributed by atoms with van der Waals surface area (Å²) in [6.07, 6.45) is 3.87. The molecule has 0 bridgehead atoms. The van der Waals surface area contributed by atoms with Crippen LogP contribution in [0.15, 0.2) is 24.3 Å². The van der Waals surface area contributed by atoms with Crippen molar-refractivity contribution in [3.63, 3.8) is 0 Å². The minimum atomic E-state index is -0.181. The van der Waals surface area contributed by atoms with E-state index < -0.39 is 0 Å². The molecular weight excluding hydrogens is 412 g/mol. The molecule has 7 nitrogen and oxygen atoms in total. The van der Waals surface area contributed by atoms with Crippen molar-refractivity contribution in [1.29, 1.82) is 0 Å². The van der Waals surface area contributed by atoms with Crippen molar-refractivity contribution < 1.29 is 14.3 Å². The van der Waals surface area contributed by atoms with E-state index in [-0.39, 0.29) is 23.8 Å². The minimum absolute atomic E-state index is 0.0869. The van der Waals surface area contributed by atoms with E-state index in [2.05, 4.69) is 40.5 Å². The Kier molecular flexibility index (Phi) is 6.85. The van der Waals surface area contributed by atoms with Crippen molar-refractivity contribution in [3.05, 3.63) is 41.2 Å². The van der Waals surface area contributed by atoms with Crippen LogP contribution in [0, 0.1) is 12.8 Å². The second-order valence-corrected chi connectivity index (χ2v) is 9.09. The lowest BCUT2D eigenvalue weighted by molar-refractivity contribution is -0.151. The standard InChI is InChI=1S/C23H30N4O3S/c1-3-30-22(29)18-10-13-26(14-11-18)21(28)19-5-4-12-27(19)23-24-20(25-31-23)15-17-8-6-16(2)7-9-17/h6-9,18-19H,3-5,10-15H2,1-2H3. The summed E-state index contributed by atoms with van der Waals surface area (Å²) in [5.74, 6) is 0.732. The molecular formula is C23H30N4O3S. The number of esters is 1. The molecule has 0 saturated carbocycles. The van der Waals surface area contributed by atoms with Crippen molar-refractivity contribution >= 4 is 28.5 Å². The second-order valence-electron chi connectivity index (χ2n) is 8.36. The maximum absolute atomic E-state index is 13.2. The van der Waals surface area contributed by atoms with Gasteiger partial charge >= 0.3 is 5.97 Å². The molecule has 1 amide bonds. The van der Waals surface area contributed by atoms with E-state index in [0.717, 1.165) is 30.3 Å². The van der Waals surface area contributed by atoms with Crippen LogP contribution >= 0.6 is 11.5 Å². The summed E-state index contributed by atoms with van der Waals surface area (Å²) in [6, 6.07) is 8.24. The Hall–Kier alpha value is -2.48. The number of ether oxygens (including phenoxy) is 1. The molecule has 0 radical (unpaired) electrons. The summed E-state index contributed by atoms with van der Waals surface area (Å²) in [5.41, 5.74) is 2.42. The number of carbonyl (C=O) groups excluding carboxylic acids is 2. The van der Waals surface area contributed by atoms with Crippen LogP contribution in [0.1, 0.15) is 49.6 Å². The highest BCUT2D eigenvalue weighted by Crippen LogP contribution is 2.30. The number of aromatic nitrogens is 2. The molecule has 2 aromatic rings. The van der Waals surface area contributed by atoms with Gasteiger partial charge in [-0.2, -0.15) is 4.37 Å². The van der Waals surface area contributed by atoms with E-state index in [1.807, 2.05) is 11.8 Å². The SMILES string of the molecule is CCOC(=O)C1CCN(C(=O)C2CCCN2c2nc(Cc3ccc(C)cc3)ns2)CC1. The third-order valence-electron chi connectivity index (χ3n) is 6.15. The lowest BCUT2D eigenvalue weighted by Gasteiger charge is -2.34. The number of aryl methyl sites for hydroxylation is 1. The fraction of sp³-hybridized carbons (Fsp3) is 0.565. The monoisotopic (exact) mass is 442 g/mol. The number of amides is 1. The first-order valence-corrected chi connectivity index (χ1v) is 11.9. The van der Waals surface area contributed by atoms with Gasteiger partial charge in [0, 0.05) is 37.6 Å². The van der Waals surface area contributed by atoms with Gasteiger partial charge in [-0.15, -0.1) is 0 Å². The van der Waals surface area contributed by atoms with E-state index in [9.17, 15) is 9.59 Å². The van der Waals surface area contributed by atoms with E-state index in [1.165, 1.54) is 22.7 Å². The van der Waals surface area contributed by atoms with Crippen LogP contribution in [0.25, 0.3) is 0 Å². The minimum Gasteiger partial charge on any atom is -0.466 e. The van der Waals surface area contributed by atoms with E-state index >= 15 is 0 Å². The first kappa shape index (κ1) is 21.7. The normalized spacial score (nSPS) is 19.6. The molecule has 4 rings (SSSR count). The quantitative estimate of drug-likeness (QED) is 0.640. The van der Waals surface area contributed by atoms with Crippen LogP contribution in [0.3, 0.4) is 0 Å². The van der Waals surface area contributed by atoms with Crippen LogP contribution in [0.5, 0.6) is 0 Å². The van der Waals surface area contributed by atoms with Gasteiger partial charge in [0.15, 0.2) is 0 Å². The Morgan fingerprint density at radius 2 is 1.87 bits per heavy atom. The van der Waals surface area contributed by atoms with Gasteiger partial charge in [-0.1, -0.05) is 29.8 Å². The Balaban J connectivity index is 1.37. The number of rotatable bonds is 6. The largest absolute Gasteiger partial charge is 0.466 e. The molecule has 2 aliphatic heterocycles. The van der Waals surface area contributed by atoms with E-state index in [0.29, 0.717) is 39.0 Å². The highest BCUT2D eigenvalue weighted by molar-refractivity contribution is 7.09. The molecule has 1 aromatic carbocycles. The van der Waals surface area contributed by atoms with Crippen molar-refractivity contribution in [2.75, 3.05) is 31.1 Å². The van der Waals surface area contributed by atoms with Crippen molar-refractivity contribution in [2.24, 2.45) is 5.92 Å².